The van der Waals surface area contributed by atoms with Crippen LogP contribution in [0.5, 0.6) is 0 Å². The van der Waals surface area contributed by atoms with Gasteiger partial charge in [0.25, 0.3) is 0 Å². The number of amides is 1. The van der Waals surface area contributed by atoms with E-state index in [9.17, 15) is 19.1 Å². The van der Waals surface area contributed by atoms with E-state index >= 15 is 0 Å². The molecule has 22 heavy (non-hydrogen) atoms. The molecule has 0 radical (unpaired) electrons. The van der Waals surface area contributed by atoms with Crippen LogP contribution in [-0.4, -0.2) is 40.8 Å². The van der Waals surface area contributed by atoms with E-state index in [4.69, 9.17) is 4.74 Å². The standard InChI is InChI=1S/C16H20FNO4/c1-16(2,3)22-15(21)18-8-12(13(9-18)14(19)20)10-4-6-11(17)7-5-10/h4-7,12-13H,8-9H2,1-3H3,(H,19,20). The predicted octanol–water partition coefficient (Wildman–Crippen LogP) is 2.86. The van der Waals surface area contributed by atoms with Gasteiger partial charge in [-0.25, -0.2) is 9.18 Å². The molecule has 1 aliphatic rings. The molecule has 0 spiro atoms. The van der Waals surface area contributed by atoms with Crippen molar-refractivity contribution in [1.29, 1.82) is 0 Å². The molecule has 0 saturated carbocycles. The average Bonchev–Trinajstić information content (AvgIpc) is 2.83. The molecule has 1 aliphatic heterocycles. The van der Waals surface area contributed by atoms with E-state index in [-0.39, 0.29) is 24.8 Å². The van der Waals surface area contributed by atoms with E-state index in [0.717, 1.165) is 0 Å². The van der Waals surface area contributed by atoms with Crippen molar-refractivity contribution in [3.63, 3.8) is 0 Å². The summed E-state index contributed by atoms with van der Waals surface area (Å²) in [6.45, 7) is 5.61. The van der Waals surface area contributed by atoms with Crippen molar-refractivity contribution >= 4 is 12.1 Å². The second-order valence-corrected chi connectivity index (χ2v) is 6.49. The van der Waals surface area contributed by atoms with Crippen molar-refractivity contribution in [1.82, 2.24) is 4.90 Å². The fraction of sp³-hybridized carbons (Fsp3) is 0.500. The second-order valence-electron chi connectivity index (χ2n) is 6.49. The summed E-state index contributed by atoms with van der Waals surface area (Å²) >= 11 is 0. The molecule has 1 aromatic rings. The maximum atomic E-state index is 13.0. The van der Waals surface area contributed by atoms with Crippen LogP contribution in [0.1, 0.15) is 32.3 Å². The molecule has 6 heteroatoms. The highest BCUT2D eigenvalue weighted by Gasteiger charge is 2.41. The van der Waals surface area contributed by atoms with Crippen LogP contribution in [-0.2, 0) is 9.53 Å². The van der Waals surface area contributed by atoms with Crippen LogP contribution in [0, 0.1) is 11.7 Å². The number of hydrogen-bond acceptors (Lipinski definition) is 3. The Morgan fingerprint density at radius 1 is 1.23 bits per heavy atom. The number of aliphatic carboxylic acids is 1. The molecule has 1 heterocycles. The van der Waals surface area contributed by atoms with Crippen LogP contribution in [0.4, 0.5) is 9.18 Å². The third kappa shape index (κ3) is 3.75. The van der Waals surface area contributed by atoms with E-state index in [0.29, 0.717) is 5.56 Å². The lowest BCUT2D eigenvalue weighted by Crippen LogP contribution is -2.35. The summed E-state index contributed by atoms with van der Waals surface area (Å²) in [6, 6.07) is 5.72. The van der Waals surface area contributed by atoms with Crippen molar-refractivity contribution in [2.45, 2.75) is 32.3 Å². The smallest absolute Gasteiger partial charge is 0.410 e. The summed E-state index contributed by atoms with van der Waals surface area (Å²) in [5.74, 6) is -2.44. The molecule has 1 amide bonds. The fourth-order valence-corrected chi connectivity index (χ4v) is 2.58. The molecule has 1 fully saturated rings. The number of likely N-dealkylation sites (tertiary alicyclic amines) is 1. The Hall–Kier alpha value is -2.11. The summed E-state index contributed by atoms with van der Waals surface area (Å²) in [5, 5.41) is 9.38. The number of nitrogens with zero attached hydrogens (tertiary/aromatic N) is 1. The molecule has 2 unspecified atom stereocenters. The number of carboxylic acids is 1. The first-order valence-electron chi connectivity index (χ1n) is 7.13. The number of carbonyl (C=O) groups excluding carboxylic acids is 1. The molecular weight excluding hydrogens is 289 g/mol. The number of carbonyl (C=O) groups is 2. The summed E-state index contributed by atoms with van der Waals surface area (Å²) in [4.78, 5) is 25.0. The van der Waals surface area contributed by atoms with Crippen LogP contribution in [0.2, 0.25) is 0 Å². The topological polar surface area (TPSA) is 66.8 Å². The minimum Gasteiger partial charge on any atom is -0.481 e. The number of carboxylic acid groups (broad SMARTS) is 1. The lowest BCUT2D eigenvalue weighted by atomic mass is 9.89. The Labute approximate surface area is 128 Å². The first kappa shape index (κ1) is 16.3. The van der Waals surface area contributed by atoms with Gasteiger partial charge in [0.15, 0.2) is 0 Å². The number of hydrogen-bond donors (Lipinski definition) is 1. The first-order valence-corrected chi connectivity index (χ1v) is 7.13. The maximum absolute atomic E-state index is 13.0. The van der Waals surface area contributed by atoms with E-state index in [2.05, 4.69) is 0 Å². The molecule has 1 N–H and O–H groups in total. The van der Waals surface area contributed by atoms with E-state index in [1.165, 1.54) is 17.0 Å². The number of rotatable bonds is 2. The highest BCUT2D eigenvalue weighted by atomic mass is 19.1. The largest absolute Gasteiger partial charge is 0.481 e. The van der Waals surface area contributed by atoms with Gasteiger partial charge in [0.05, 0.1) is 5.92 Å². The van der Waals surface area contributed by atoms with Gasteiger partial charge >= 0.3 is 12.1 Å². The normalized spacial score (nSPS) is 21.7. The highest BCUT2D eigenvalue weighted by Crippen LogP contribution is 2.33. The zero-order chi connectivity index (χ0) is 16.5. The van der Waals surface area contributed by atoms with Crippen LogP contribution in [0.25, 0.3) is 0 Å². The van der Waals surface area contributed by atoms with E-state index in [1.807, 2.05) is 0 Å². The van der Waals surface area contributed by atoms with E-state index < -0.39 is 23.6 Å². The van der Waals surface area contributed by atoms with Gasteiger partial charge in [-0.2, -0.15) is 0 Å². The Kier molecular flexibility index (Phi) is 4.39. The molecule has 0 aromatic heterocycles. The van der Waals surface area contributed by atoms with Gasteiger partial charge < -0.3 is 14.7 Å². The Morgan fingerprint density at radius 3 is 2.32 bits per heavy atom. The number of benzene rings is 1. The van der Waals surface area contributed by atoms with Crippen molar-refractivity contribution < 1.29 is 23.8 Å². The molecule has 5 nitrogen and oxygen atoms in total. The van der Waals surface area contributed by atoms with Gasteiger partial charge in [-0.05, 0) is 38.5 Å². The maximum Gasteiger partial charge on any atom is 0.410 e. The van der Waals surface area contributed by atoms with Crippen molar-refractivity contribution in [3.8, 4) is 0 Å². The number of ether oxygens (including phenoxy) is 1. The van der Waals surface area contributed by atoms with Gasteiger partial charge in [-0.15, -0.1) is 0 Å². The van der Waals surface area contributed by atoms with Crippen LogP contribution in [0.3, 0.4) is 0 Å². The minimum atomic E-state index is -0.972. The Balaban J connectivity index is 2.18. The Morgan fingerprint density at radius 2 is 1.82 bits per heavy atom. The van der Waals surface area contributed by atoms with Gasteiger partial charge in [0.1, 0.15) is 11.4 Å². The zero-order valence-electron chi connectivity index (χ0n) is 12.9. The second kappa shape index (κ2) is 5.94. The molecule has 1 aromatic carbocycles. The third-order valence-corrected chi connectivity index (χ3v) is 3.59. The van der Waals surface area contributed by atoms with Crippen molar-refractivity contribution in [3.05, 3.63) is 35.6 Å². The molecule has 0 aliphatic carbocycles. The SMILES string of the molecule is CC(C)(C)OC(=O)N1CC(C(=O)O)C(c2ccc(F)cc2)C1. The first-order chi connectivity index (χ1) is 10.2. The summed E-state index contributed by atoms with van der Waals surface area (Å²) < 4.78 is 18.3. The molecule has 0 bridgehead atoms. The van der Waals surface area contributed by atoms with Gasteiger partial charge in [-0.1, -0.05) is 12.1 Å². The summed E-state index contributed by atoms with van der Waals surface area (Å²) in [6.07, 6.45) is -0.525. The lowest BCUT2D eigenvalue weighted by Gasteiger charge is -2.24. The quantitative estimate of drug-likeness (QED) is 0.912. The average molecular weight is 309 g/mol. The Bertz CT molecular complexity index is 565. The molecule has 2 rings (SSSR count). The van der Waals surface area contributed by atoms with Gasteiger partial charge in [0, 0.05) is 19.0 Å². The van der Waals surface area contributed by atoms with Crippen LogP contribution in [0.15, 0.2) is 24.3 Å². The van der Waals surface area contributed by atoms with Gasteiger partial charge in [-0.3, -0.25) is 4.79 Å². The van der Waals surface area contributed by atoms with E-state index in [1.54, 1.807) is 32.9 Å². The minimum absolute atomic E-state index is 0.0896. The lowest BCUT2D eigenvalue weighted by molar-refractivity contribution is -0.141. The van der Waals surface area contributed by atoms with Crippen LogP contribution < -0.4 is 0 Å². The third-order valence-electron chi connectivity index (χ3n) is 3.59. The van der Waals surface area contributed by atoms with Crippen LogP contribution >= 0.6 is 0 Å². The van der Waals surface area contributed by atoms with Gasteiger partial charge in [0.2, 0.25) is 0 Å². The molecule has 120 valence electrons. The summed E-state index contributed by atoms with van der Waals surface area (Å²) in [5.41, 5.74) is 0.0730. The monoisotopic (exact) mass is 309 g/mol. The van der Waals surface area contributed by atoms with Crippen molar-refractivity contribution in [2.75, 3.05) is 13.1 Å². The molecule has 2 atom stereocenters. The zero-order valence-corrected chi connectivity index (χ0v) is 12.9. The van der Waals surface area contributed by atoms with Crippen molar-refractivity contribution in [2.24, 2.45) is 5.92 Å². The molecule has 1 saturated heterocycles. The number of halogens is 1. The predicted molar refractivity (Wildman–Crippen MR) is 78.1 cm³/mol. The summed E-state index contributed by atoms with van der Waals surface area (Å²) in [7, 11) is 0. The molecular formula is C16H20FNO4. The fourth-order valence-electron chi connectivity index (χ4n) is 2.58. The highest BCUT2D eigenvalue weighted by molar-refractivity contribution is 5.75.